The van der Waals surface area contributed by atoms with Crippen molar-refractivity contribution in [3.05, 3.63) is 69.8 Å². The molecule has 0 radical (unpaired) electrons. The summed E-state index contributed by atoms with van der Waals surface area (Å²) in [6, 6.07) is 12.2. The molecule has 0 bridgehead atoms. The summed E-state index contributed by atoms with van der Waals surface area (Å²) < 4.78 is 0. The molecule has 0 saturated heterocycles. The van der Waals surface area contributed by atoms with Gasteiger partial charge in [0.25, 0.3) is 0 Å². The summed E-state index contributed by atoms with van der Waals surface area (Å²) in [5.74, 6) is -0.559. The lowest BCUT2D eigenvalue weighted by molar-refractivity contribution is -0.123. The molecule has 1 heterocycles. The van der Waals surface area contributed by atoms with Gasteiger partial charge in [-0.05, 0) is 30.7 Å². The Balaban J connectivity index is 2.04. The van der Waals surface area contributed by atoms with E-state index in [1.54, 1.807) is 23.1 Å². The molecule has 2 aromatic carbocycles. The minimum absolute atomic E-state index is 0.0766. The Morgan fingerprint density at radius 2 is 1.86 bits per heavy atom. The molecule has 28 heavy (non-hydrogen) atoms. The van der Waals surface area contributed by atoms with E-state index in [-0.39, 0.29) is 11.7 Å². The molecule has 4 rings (SSSR count). The van der Waals surface area contributed by atoms with Gasteiger partial charge in [-0.3, -0.25) is 9.59 Å². The van der Waals surface area contributed by atoms with Crippen LogP contribution in [-0.2, 0) is 9.59 Å². The highest BCUT2D eigenvalue weighted by Gasteiger charge is 2.44. The zero-order valence-electron chi connectivity index (χ0n) is 15.4. The number of hydrogen-bond donors (Lipinski definition) is 1. The summed E-state index contributed by atoms with van der Waals surface area (Å²) in [4.78, 5) is 27.9. The van der Waals surface area contributed by atoms with Crippen molar-refractivity contribution in [1.29, 1.82) is 0 Å². The van der Waals surface area contributed by atoms with Crippen molar-refractivity contribution >= 4 is 46.3 Å². The summed E-state index contributed by atoms with van der Waals surface area (Å²) >= 11 is 13.1. The van der Waals surface area contributed by atoms with E-state index >= 15 is 0 Å². The third-order valence-electron chi connectivity index (χ3n) is 5.34. The van der Waals surface area contributed by atoms with Crippen LogP contribution in [0.4, 0.5) is 11.4 Å². The van der Waals surface area contributed by atoms with Crippen LogP contribution in [0.2, 0.25) is 10.0 Å². The summed E-state index contributed by atoms with van der Waals surface area (Å²) in [5.41, 5.74) is 2.92. The van der Waals surface area contributed by atoms with Gasteiger partial charge in [-0.1, -0.05) is 54.4 Å². The van der Waals surface area contributed by atoms with Crippen LogP contribution in [0, 0.1) is 5.92 Å². The van der Waals surface area contributed by atoms with Crippen LogP contribution in [0.5, 0.6) is 0 Å². The molecule has 0 saturated carbocycles. The van der Waals surface area contributed by atoms with Gasteiger partial charge < -0.3 is 10.2 Å². The highest BCUT2D eigenvalue weighted by atomic mass is 35.5. The maximum atomic E-state index is 13.2. The number of benzene rings is 2. The summed E-state index contributed by atoms with van der Waals surface area (Å²) in [5, 5.41) is 4.30. The van der Waals surface area contributed by atoms with Crippen molar-refractivity contribution in [2.24, 2.45) is 5.92 Å². The number of rotatable bonds is 2. The number of para-hydroxylation sites is 2. The van der Waals surface area contributed by atoms with E-state index < -0.39 is 12.0 Å². The Morgan fingerprint density at radius 3 is 2.57 bits per heavy atom. The first kappa shape index (κ1) is 19.0. The van der Waals surface area contributed by atoms with Crippen LogP contribution in [0.3, 0.4) is 0 Å². The minimum atomic E-state index is -0.608. The predicted octanol–water partition coefficient (Wildman–Crippen LogP) is 5.77. The molecule has 0 fully saturated rings. The standard InChI is InChI=1S/C22H20Cl2N2O2/c1-2-19(28)26-17-11-4-3-9-15(17)25-16-10-6-12-18(27)21(16)22(26)20-13(23)7-5-8-14(20)24/h3-5,7-11,21-22,25H,2,6,12H2,1H3/t21-,22-/m1/s1. The number of nitrogens with zero attached hydrogens (tertiary/aromatic N) is 1. The van der Waals surface area contributed by atoms with Gasteiger partial charge in [-0.15, -0.1) is 0 Å². The van der Waals surface area contributed by atoms with E-state index in [0.717, 1.165) is 17.1 Å². The van der Waals surface area contributed by atoms with Crippen LogP contribution in [-0.4, -0.2) is 11.7 Å². The summed E-state index contributed by atoms with van der Waals surface area (Å²) in [7, 11) is 0. The molecule has 1 aliphatic heterocycles. The molecular formula is C22H20Cl2N2O2. The fourth-order valence-electron chi connectivity index (χ4n) is 4.09. The monoisotopic (exact) mass is 414 g/mol. The van der Waals surface area contributed by atoms with Gasteiger partial charge in [0.05, 0.1) is 23.3 Å². The highest BCUT2D eigenvalue weighted by Crippen LogP contribution is 2.49. The van der Waals surface area contributed by atoms with Crippen molar-refractivity contribution in [1.82, 2.24) is 0 Å². The Labute approximate surface area is 174 Å². The lowest BCUT2D eigenvalue weighted by Crippen LogP contribution is -2.42. The average molecular weight is 415 g/mol. The van der Waals surface area contributed by atoms with Crippen molar-refractivity contribution in [2.45, 2.75) is 32.2 Å². The molecule has 1 N–H and O–H groups in total. The Bertz CT molecular complexity index is 966. The average Bonchev–Trinajstić information content (AvgIpc) is 2.82. The molecular weight excluding hydrogens is 395 g/mol. The number of amides is 1. The zero-order valence-corrected chi connectivity index (χ0v) is 16.9. The number of allylic oxidation sites excluding steroid dienone is 1. The SMILES string of the molecule is CCC(=O)N1c2ccccc2NC2=CCCC(=O)[C@@H]2[C@H]1c1c(Cl)cccc1Cl. The van der Waals surface area contributed by atoms with Gasteiger partial charge in [0, 0.05) is 34.1 Å². The van der Waals surface area contributed by atoms with Gasteiger partial charge in [-0.2, -0.15) is 0 Å². The lowest BCUT2D eigenvalue weighted by atomic mass is 9.81. The maximum Gasteiger partial charge on any atom is 0.227 e. The van der Waals surface area contributed by atoms with E-state index in [9.17, 15) is 9.59 Å². The first-order chi connectivity index (χ1) is 13.5. The van der Waals surface area contributed by atoms with Crippen molar-refractivity contribution in [3.8, 4) is 0 Å². The van der Waals surface area contributed by atoms with Crippen LogP contribution in [0.25, 0.3) is 0 Å². The van der Waals surface area contributed by atoms with Crippen molar-refractivity contribution in [3.63, 3.8) is 0 Å². The minimum Gasteiger partial charge on any atom is -0.357 e. The van der Waals surface area contributed by atoms with Crippen LogP contribution >= 0.6 is 23.2 Å². The van der Waals surface area contributed by atoms with E-state index in [1.165, 1.54) is 0 Å². The fourth-order valence-corrected chi connectivity index (χ4v) is 4.71. The van der Waals surface area contributed by atoms with Gasteiger partial charge in [0.2, 0.25) is 5.91 Å². The third-order valence-corrected chi connectivity index (χ3v) is 6.00. The molecule has 1 amide bonds. The largest absolute Gasteiger partial charge is 0.357 e. The van der Waals surface area contributed by atoms with Gasteiger partial charge in [0.15, 0.2) is 0 Å². The summed E-state index contributed by atoms with van der Waals surface area (Å²) in [6.45, 7) is 1.81. The van der Waals surface area contributed by atoms with Gasteiger partial charge >= 0.3 is 0 Å². The number of carbonyl (C=O) groups excluding carboxylic acids is 2. The number of carbonyl (C=O) groups is 2. The van der Waals surface area contributed by atoms with E-state index in [1.807, 2.05) is 37.3 Å². The Hall–Kier alpha value is -2.30. The maximum absolute atomic E-state index is 13.2. The number of Topliss-reactive ketones (excluding diaryl/α,β-unsaturated/α-hetero) is 1. The van der Waals surface area contributed by atoms with Gasteiger partial charge in [-0.25, -0.2) is 0 Å². The Kier molecular flexibility index (Phi) is 5.17. The molecule has 4 nitrogen and oxygen atoms in total. The zero-order chi connectivity index (χ0) is 19.8. The van der Waals surface area contributed by atoms with Crippen LogP contribution in [0.1, 0.15) is 37.8 Å². The quantitative estimate of drug-likeness (QED) is 0.678. The molecule has 2 aromatic rings. The van der Waals surface area contributed by atoms with Crippen molar-refractivity contribution in [2.75, 3.05) is 10.2 Å². The molecule has 2 atom stereocenters. The second-order valence-electron chi connectivity index (χ2n) is 6.98. The smallest absolute Gasteiger partial charge is 0.227 e. The molecule has 0 spiro atoms. The molecule has 144 valence electrons. The predicted molar refractivity (Wildman–Crippen MR) is 113 cm³/mol. The van der Waals surface area contributed by atoms with E-state index in [0.29, 0.717) is 34.9 Å². The molecule has 0 aromatic heterocycles. The molecule has 1 aliphatic carbocycles. The van der Waals surface area contributed by atoms with E-state index in [2.05, 4.69) is 5.32 Å². The lowest BCUT2D eigenvalue weighted by Gasteiger charge is -2.37. The summed E-state index contributed by atoms with van der Waals surface area (Å²) in [6.07, 6.45) is 3.44. The normalized spacial score (nSPS) is 21.2. The number of nitrogens with one attached hydrogen (secondary N) is 1. The number of halogens is 2. The van der Waals surface area contributed by atoms with Gasteiger partial charge in [0.1, 0.15) is 5.78 Å². The number of anilines is 2. The fraction of sp³-hybridized carbons (Fsp3) is 0.273. The molecule has 2 aliphatic rings. The van der Waals surface area contributed by atoms with E-state index in [4.69, 9.17) is 23.2 Å². The number of hydrogen-bond acceptors (Lipinski definition) is 3. The van der Waals surface area contributed by atoms with Crippen molar-refractivity contribution < 1.29 is 9.59 Å². The third kappa shape index (κ3) is 3.11. The van der Waals surface area contributed by atoms with Crippen LogP contribution < -0.4 is 10.2 Å². The molecule has 6 heteroatoms. The van der Waals surface area contributed by atoms with Crippen LogP contribution in [0.15, 0.2) is 54.2 Å². The second kappa shape index (κ2) is 7.61. The molecule has 0 unspecified atom stereocenters. The first-order valence-electron chi connectivity index (χ1n) is 9.37. The number of fused-ring (bicyclic) bond motifs is 2. The highest BCUT2D eigenvalue weighted by molar-refractivity contribution is 6.36. The second-order valence-corrected chi connectivity index (χ2v) is 7.80. The Morgan fingerprint density at radius 1 is 1.14 bits per heavy atom. The first-order valence-corrected chi connectivity index (χ1v) is 10.1. The number of ketones is 1. The topological polar surface area (TPSA) is 49.4 Å².